The van der Waals surface area contributed by atoms with Crippen LogP contribution in [0.1, 0.15) is 5.56 Å². The number of aliphatic hydroxyl groups is 1. The second-order valence-electron chi connectivity index (χ2n) is 3.56. The Morgan fingerprint density at radius 2 is 2.12 bits per heavy atom. The lowest BCUT2D eigenvalue weighted by Gasteiger charge is -2.06. The number of benzene rings is 1. The van der Waals surface area contributed by atoms with Crippen molar-refractivity contribution in [2.75, 3.05) is 7.11 Å². The van der Waals surface area contributed by atoms with Crippen LogP contribution in [-0.4, -0.2) is 17.2 Å². The zero-order chi connectivity index (χ0) is 12.3. The number of aliphatic hydroxyl groups excluding tert-OH is 1. The first-order chi connectivity index (χ1) is 8.24. The maximum Gasteiger partial charge on any atom is 0.137 e. The van der Waals surface area contributed by atoms with Crippen molar-refractivity contribution < 1.29 is 9.84 Å². The largest absolute Gasteiger partial charge is 0.495 e. The number of hydrogen-bond acceptors (Lipinski definition) is 3. The maximum absolute atomic E-state index is 9.07. The molecule has 3 nitrogen and oxygen atoms in total. The highest BCUT2D eigenvalue weighted by Crippen LogP contribution is 2.29. The lowest BCUT2D eigenvalue weighted by Crippen LogP contribution is -1.89. The Hall–Kier alpha value is -1.58. The van der Waals surface area contributed by atoms with Gasteiger partial charge in [-0.25, -0.2) is 0 Å². The van der Waals surface area contributed by atoms with E-state index in [2.05, 4.69) is 4.98 Å². The molecule has 0 aliphatic heterocycles. The predicted octanol–water partition coefficient (Wildman–Crippen LogP) is 2.90. The van der Waals surface area contributed by atoms with Crippen molar-refractivity contribution in [1.29, 1.82) is 0 Å². The van der Waals surface area contributed by atoms with Crippen LogP contribution in [0, 0.1) is 0 Å². The third-order valence-electron chi connectivity index (χ3n) is 2.45. The summed E-state index contributed by atoms with van der Waals surface area (Å²) in [7, 11) is 1.57. The third kappa shape index (κ3) is 2.57. The van der Waals surface area contributed by atoms with E-state index in [0.29, 0.717) is 10.8 Å². The molecular formula is C13H12ClNO2. The summed E-state index contributed by atoms with van der Waals surface area (Å²) < 4.78 is 5.09. The molecule has 0 unspecified atom stereocenters. The Labute approximate surface area is 105 Å². The quantitative estimate of drug-likeness (QED) is 0.910. The van der Waals surface area contributed by atoms with Crippen molar-refractivity contribution in [3.63, 3.8) is 0 Å². The van der Waals surface area contributed by atoms with Crippen LogP contribution in [0.2, 0.25) is 5.02 Å². The second-order valence-corrected chi connectivity index (χ2v) is 3.96. The van der Waals surface area contributed by atoms with Crippen molar-refractivity contribution in [2.45, 2.75) is 6.61 Å². The number of aromatic nitrogens is 1. The summed E-state index contributed by atoms with van der Waals surface area (Å²) >= 11 is 6.05. The van der Waals surface area contributed by atoms with Crippen LogP contribution in [0.4, 0.5) is 0 Å². The number of hydrogen-bond donors (Lipinski definition) is 1. The van der Waals surface area contributed by atoms with E-state index in [4.69, 9.17) is 21.4 Å². The highest BCUT2D eigenvalue weighted by Gasteiger charge is 2.05. The van der Waals surface area contributed by atoms with Gasteiger partial charge in [0.1, 0.15) is 5.75 Å². The first kappa shape index (κ1) is 11.9. The van der Waals surface area contributed by atoms with Crippen LogP contribution in [0.3, 0.4) is 0 Å². The minimum absolute atomic E-state index is 0.000588. The molecule has 0 amide bonds. The van der Waals surface area contributed by atoms with Crippen molar-refractivity contribution >= 4 is 11.6 Å². The van der Waals surface area contributed by atoms with Crippen LogP contribution >= 0.6 is 11.6 Å². The molecule has 0 aliphatic carbocycles. The average molecular weight is 250 g/mol. The van der Waals surface area contributed by atoms with E-state index in [0.717, 1.165) is 16.8 Å². The molecule has 4 heteroatoms. The van der Waals surface area contributed by atoms with Gasteiger partial charge in [-0.3, -0.25) is 4.98 Å². The number of ether oxygens (including phenoxy) is 1. The molecule has 17 heavy (non-hydrogen) atoms. The van der Waals surface area contributed by atoms with E-state index < -0.39 is 0 Å². The van der Waals surface area contributed by atoms with Gasteiger partial charge in [0.15, 0.2) is 0 Å². The van der Waals surface area contributed by atoms with Gasteiger partial charge in [0.05, 0.1) is 24.4 Å². The zero-order valence-corrected chi connectivity index (χ0v) is 10.1. The summed E-state index contributed by atoms with van der Waals surface area (Å²) in [5.41, 5.74) is 2.49. The molecule has 0 saturated heterocycles. The summed E-state index contributed by atoms with van der Waals surface area (Å²) in [5, 5.41) is 9.61. The molecule has 1 heterocycles. The normalized spacial score (nSPS) is 10.3. The van der Waals surface area contributed by atoms with Gasteiger partial charge in [0.2, 0.25) is 0 Å². The van der Waals surface area contributed by atoms with Crippen molar-refractivity contribution in [2.24, 2.45) is 0 Å². The zero-order valence-electron chi connectivity index (χ0n) is 9.35. The number of pyridine rings is 1. The molecule has 2 rings (SSSR count). The minimum atomic E-state index is -0.000588. The smallest absolute Gasteiger partial charge is 0.137 e. The van der Waals surface area contributed by atoms with Gasteiger partial charge in [0.25, 0.3) is 0 Å². The minimum Gasteiger partial charge on any atom is -0.495 e. The fraction of sp³-hybridized carbons (Fsp3) is 0.154. The summed E-state index contributed by atoms with van der Waals surface area (Å²) in [5.74, 6) is 0.633. The van der Waals surface area contributed by atoms with Gasteiger partial charge in [-0.1, -0.05) is 11.6 Å². The molecule has 0 radical (unpaired) electrons. The Bertz CT molecular complexity index is 529. The van der Waals surface area contributed by atoms with E-state index in [1.807, 2.05) is 12.1 Å². The average Bonchev–Trinajstić information content (AvgIpc) is 2.38. The molecule has 0 spiro atoms. The van der Waals surface area contributed by atoms with Gasteiger partial charge < -0.3 is 9.84 Å². The number of methoxy groups -OCH3 is 1. The van der Waals surface area contributed by atoms with E-state index >= 15 is 0 Å². The lowest BCUT2D eigenvalue weighted by atomic mass is 10.1. The number of nitrogens with zero attached hydrogens (tertiary/aromatic N) is 1. The second kappa shape index (κ2) is 5.17. The standard InChI is InChI=1S/C13H12ClNO2/c1-17-13-3-2-10(7-11(13)14)12-6-9(8-16)4-5-15-12/h2-7,16H,8H2,1H3. The summed E-state index contributed by atoms with van der Waals surface area (Å²) in [6.45, 7) is -0.000588. The number of halogens is 1. The van der Waals surface area contributed by atoms with Crippen LogP contribution in [-0.2, 0) is 6.61 Å². The molecule has 1 N–H and O–H groups in total. The predicted molar refractivity (Wildman–Crippen MR) is 67.2 cm³/mol. The van der Waals surface area contributed by atoms with Crippen LogP contribution < -0.4 is 4.74 Å². The van der Waals surface area contributed by atoms with Crippen LogP contribution in [0.25, 0.3) is 11.3 Å². The molecular weight excluding hydrogens is 238 g/mol. The van der Waals surface area contributed by atoms with Gasteiger partial charge in [-0.05, 0) is 35.9 Å². The third-order valence-corrected chi connectivity index (χ3v) is 2.75. The van der Waals surface area contributed by atoms with Crippen LogP contribution in [0.15, 0.2) is 36.5 Å². The van der Waals surface area contributed by atoms with E-state index in [9.17, 15) is 0 Å². The molecule has 1 aromatic heterocycles. The fourth-order valence-electron chi connectivity index (χ4n) is 1.56. The molecule has 1 aromatic carbocycles. The maximum atomic E-state index is 9.07. The highest BCUT2D eigenvalue weighted by atomic mass is 35.5. The van der Waals surface area contributed by atoms with Crippen molar-refractivity contribution in [3.8, 4) is 17.0 Å². The van der Waals surface area contributed by atoms with Crippen molar-refractivity contribution in [3.05, 3.63) is 47.1 Å². The van der Waals surface area contributed by atoms with Crippen molar-refractivity contribution in [1.82, 2.24) is 4.98 Å². The summed E-state index contributed by atoms with van der Waals surface area (Å²) in [6, 6.07) is 9.08. The van der Waals surface area contributed by atoms with E-state index in [1.54, 1.807) is 31.5 Å². The molecule has 0 fully saturated rings. The summed E-state index contributed by atoms with van der Waals surface area (Å²) in [6.07, 6.45) is 1.67. The highest BCUT2D eigenvalue weighted by molar-refractivity contribution is 6.32. The van der Waals surface area contributed by atoms with E-state index in [-0.39, 0.29) is 6.61 Å². The monoisotopic (exact) mass is 249 g/mol. The Kier molecular flexibility index (Phi) is 3.61. The van der Waals surface area contributed by atoms with Gasteiger partial charge >= 0.3 is 0 Å². The molecule has 0 bridgehead atoms. The topological polar surface area (TPSA) is 42.4 Å². The van der Waals surface area contributed by atoms with Gasteiger partial charge in [0, 0.05) is 11.8 Å². The Morgan fingerprint density at radius 1 is 1.29 bits per heavy atom. The summed E-state index contributed by atoms with van der Waals surface area (Å²) in [4.78, 5) is 4.24. The molecule has 0 saturated carbocycles. The van der Waals surface area contributed by atoms with E-state index in [1.165, 1.54) is 0 Å². The SMILES string of the molecule is COc1ccc(-c2cc(CO)ccn2)cc1Cl. The molecule has 0 atom stereocenters. The van der Waals surface area contributed by atoms with Crippen LogP contribution in [0.5, 0.6) is 5.75 Å². The molecule has 2 aromatic rings. The Morgan fingerprint density at radius 3 is 2.76 bits per heavy atom. The van der Waals surface area contributed by atoms with Gasteiger partial charge in [-0.15, -0.1) is 0 Å². The van der Waals surface area contributed by atoms with Gasteiger partial charge in [-0.2, -0.15) is 0 Å². The first-order valence-corrected chi connectivity index (χ1v) is 5.52. The number of rotatable bonds is 3. The molecule has 0 aliphatic rings. The lowest BCUT2D eigenvalue weighted by molar-refractivity contribution is 0.282. The first-order valence-electron chi connectivity index (χ1n) is 5.14. The molecule has 88 valence electrons. The fourth-order valence-corrected chi connectivity index (χ4v) is 1.81. The Balaban J connectivity index is 2.42.